The Labute approximate surface area is 167 Å². The number of halogens is 1. The number of aryl methyl sites for hydroxylation is 2. The SMILES string of the molecule is Cc1ccc2cc(COC(=O)[C@H]3CS[C@]4(C)CCC(=O)N34)c(Cl)nc2c1C. The number of esters is 1. The molecule has 1 amide bonds. The Bertz CT molecular complexity index is 964. The van der Waals surface area contributed by atoms with E-state index in [-0.39, 0.29) is 23.4 Å². The molecule has 1 aromatic carbocycles. The molecule has 0 spiro atoms. The third-order valence-electron chi connectivity index (χ3n) is 5.62. The molecule has 0 radical (unpaired) electrons. The molecule has 2 aliphatic rings. The van der Waals surface area contributed by atoms with Crippen LogP contribution in [0.2, 0.25) is 5.15 Å². The summed E-state index contributed by atoms with van der Waals surface area (Å²) in [6, 6.07) is 5.43. The summed E-state index contributed by atoms with van der Waals surface area (Å²) in [5, 5.41) is 1.30. The van der Waals surface area contributed by atoms with Crippen LogP contribution in [0.5, 0.6) is 0 Å². The van der Waals surface area contributed by atoms with Crippen molar-refractivity contribution in [3.05, 3.63) is 40.0 Å². The van der Waals surface area contributed by atoms with Crippen molar-refractivity contribution < 1.29 is 14.3 Å². The van der Waals surface area contributed by atoms with Crippen LogP contribution in [0.1, 0.15) is 36.5 Å². The molecule has 0 bridgehead atoms. The van der Waals surface area contributed by atoms with Crippen LogP contribution in [0, 0.1) is 13.8 Å². The Morgan fingerprint density at radius 3 is 3.00 bits per heavy atom. The first kappa shape index (κ1) is 18.6. The van der Waals surface area contributed by atoms with Gasteiger partial charge in [0, 0.05) is 23.1 Å². The Hall–Kier alpha value is -1.79. The van der Waals surface area contributed by atoms with Crippen molar-refractivity contribution in [3.63, 3.8) is 0 Å². The van der Waals surface area contributed by atoms with Gasteiger partial charge in [0.15, 0.2) is 0 Å². The number of ether oxygens (including phenoxy) is 1. The normalized spacial score (nSPS) is 24.5. The van der Waals surface area contributed by atoms with E-state index < -0.39 is 6.04 Å². The Kier molecular flexibility index (Phi) is 4.59. The molecular weight excluding hydrogens is 384 g/mol. The molecule has 0 N–H and O–H groups in total. The first-order valence-electron chi connectivity index (χ1n) is 8.98. The molecular formula is C20H21ClN2O3S. The maximum Gasteiger partial charge on any atom is 0.330 e. The van der Waals surface area contributed by atoms with Crippen molar-refractivity contribution in [2.24, 2.45) is 0 Å². The average Bonchev–Trinajstić information content (AvgIpc) is 3.13. The molecule has 2 aliphatic heterocycles. The third kappa shape index (κ3) is 3.09. The smallest absolute Gasteiger partial charge is 0.330 e. The summed E-state index contributed by atoms with van der Waals surface area (Å²) < 4.78 is 5.53. The molecule has 142 valence electrons. The summed E-state index contributed by atoms with van der Waals surface area (Å²) in [7, 11) is 0. The molecule has 2 atom stereocenters. The highest BCUT2D eigenvalue weighted by atomic mass is 35.5. The van der Waals surface area contributed by atoms with Gasteiger partial charge < -0.3 is 9.64 Å². The first-order valence-corrected chi connectivity index (χ1v) is 10.3. The topological polar surface area (TPSA) is 59.5 Å². The van der Waals surface area contributed by atoms with Crippen molar-refractivity contribution in [1.82, 2.24) is 9.88 Å². The lowest BCUT2D eigenvalue weighted by Gasteiger charge is -2.29. The van der Waals surface area contributed by atoms with Gasteiger partial charge in [0.25, 0.3) is 0 Å². The van der Waals surface area contributed by atoms with Gasteiger partial charge in [0.1, 0.15) is 17.8 Å². The van der Waals surface area contributed by atoms with E-state index >= 15 is 0 Å². The molecule has 4 rings (SSSR count). The molecule has 2 saturated heterocycles. The maximum atomic E-state index is 12.6. The number of amides is 1. The number of rotatable bonds is 3. The minimum atomic E-state index is -0.521. The quantitative estimate of drug-likeness (QED) is 0.571. The third-order valence-corrected chi connectivity index (χ3v) is 7.46. The van der Waals surface area contributed by atoms with Crippen LogP contribution in [0.25, 0.3) is 10.9 Å². The lowest BCUT2D eigenvalue weighted by atomic mass is 10.0. The maximum absolute atomic E-state index is 12.6. The zero-order chi connectivity index (χ0) is 19.3. The summed E-state index contributed by atoms with van der Waals surface area (Å²) in [6.45, 7) is 6.12. The first-order chi connectivity index (χ1) is 12.8. The van der Waals surface area contributed by atoms with Crippen LogP contribution in [-0.2, 0) is 20.9 Å². The van der Waals surface area contributed by atoms with Gasteiger partial charge in [0.05, 0.1) is 10.4 Å². The van der Waals surface area contributed by atoms with Crippen LogP contribution in [-0.4, -0.2) is 38.4 Å². The second-order valence-corrected chi connectivity index (χ2v) is 9.25. The van der Waals surface area contributed by atoms with Crippen LogP contribution in [0.15, 0.2) is 18.2 Å². The monoisotopic (exact) mass is 404 g/mol. The number of fused-ring (bicyclic) bond motifs is 2. The second kappa shape index (κ2) is 6.67. The summed E-state index contributed by atoms with van der Waals surface area (Å²) in [4.78, 5) is 30.7. The Morgan fingerprint density at radius 1 is 1.44 bits per heavy atom. The van der Waals surface area contributed by atoms with E-state index in [0.717, 1.165) is 28.5 Å². The van der Waals surface area contributed by atoms with Crippen molar-refractivity contribution in [2.45, 2.75) is 51.1 Å². The molecule has 2 fully saturated rings. The van der Waals surface area contributed by atoms with Gasteiger partial charge in [-0.25, -0.2) is 9.78 Å². The predicted molar refractivity (Wildman–Crippen MR) is 107 cm³/mol. The van der Waals surface area contributed by atoms with Gasteiger partial charge in [-0.2, -0.15) is 0 Å². The highest BCUT2D eigenvalue weighted by Crippen LogP contribution is 2.47. The second-order valence-electron chi connectivity index (χ2n) is 7.39. The van der Waals surface area contributed by atoms with Crippen LogP contribution >= 0.6 is 23.4 Å². The number of pyridine rings is 1. The minimum absolute atomic E-state index is 0.0284. The van der Waals surface area contributed by atoms with Crippen molar-refractivity contribution >= 4 is 46.1 Å². The van der Waals surface area contributed by atoms with E-state index in [0.29, 0.717) is 22.9 Å². The Balaban J connectivity index is 1.52. The van der Waals surface area contributed by atoms with Gasteiger partial charge >= 0.3 is 5.97 Å². The minimum Gasteiger partial charge on any atom is -0.459 e. The van der Waals surface area contributed by atoms with Gasteiger partial charge in [0.2, 0.25) is 5.91 Å². The molecule has 0 unspecified atom stereocenters. The van der Waals surface area contributed by atoms with E-state index in [1.807, 2.05) is 39.0 Å². The molecule has 0 aliphatic carbocycles. The number of benzene rings is 1. The Morgan fingerprint density at radius 2 is 2.22 bits per heavy atom. The van der Waals surface area contributed by atoms with Crippen LogP contribution < -0.4 is 0 Å². The van der Waals surface area contributed by atoms with E-state index in [1.165, 1.54) is 0 Å². The number of aromatic nitrogens is 1. The summed E-state index contributed by atoms with van der Waals surface area (Å²) in [5.41, 5.74) is 3.78. The van der Waals surface area contributed by atoms with E-state index in [1.54, 1.807) is 16.7 Å². The average molecular weight is 405 g/mol. The lowest BCUT2D eigenvalue weighted by Crippen LogP contribution is -2.46. The molecule has 1 aromatic heterocycles. The number of carbonyl (C=O) groups is 2. The van der Waals surface area contributed by atoms with Gasteiger partial charge in [-0.05, 0) is 44.4 Å². The fourth-order valence-electron chi connectivity index (χ4n) is 3.85. The number of nitrogens with zero attached hydrogens (tertiary/aromatic N) is 2. The van der Waals surface area contributed by atoms with E-state index in [4.69, 9.17) is 16.3 Å². The molecule has 2 aromatic rings. The fourth-order valence-corrected chi connectivity index (χ4v) is 5.46. The highest BCUT2D eigenvalue weighted by Gasteiger charge is 2.53. The zero-order valence-electron chi connectivity index (χ0n) is 15.5. The molecule has 7 heteroatoms. The fraction of sp³-hybridized carbons (Fsp3) is 0.450. The number of thioether (sulfide) groups is 1. The van der Waals surface area contributed by atoms with Gasteiger partial charge in [-0.1, -0.05) is 23.7 Å². The summed E-state index contributed by atoms with van der Waals surface area (Å²) in [6.07, 6.45) is 1.27. The summed E-state index contributed by atoms with van der Waals surface area (Å²) in [5.74, 6) is 0.224. The number of hydrogen-bond donors (Lipinski definition) is 0. The lowest BCUT2D eigenvalue weighted by molar-refractivity contribution is -0.154. The molecule has 0 saturated carbocycles. The van der Waals surface area contributed by atoms with Crippen molar-refractivity contribution in [2.75, 3.05) is 5.75 Å². The van der Waals surface area contributed by atoms with Gasteiger partial charge in [-0.15, -0.1) is 11.8 Å². The largest absolute Gasteiger partial charge is 0.459 e. The van der Waals surface area contributed by atoms with E-state index in [9.17, 15) is 9.59 Å². The zero-order valence-corrected chi connectivity index (χ0v) is 17.1. The van der Waals surface area contributed by atoms with E-state index in [2.05, 4.69) is 4.98 Å². The number of hydrogen-bond acceptors (Lipinski definition) is 5. The molecule has 3 heterocycles. The predicted octanol–water partition coefficient (Wildman–Crippen LogP) is 4.00. The van der Waals surface area contributed by atoms with Crippen LogP contribution in [0.4, 0.5) is 0 Å². The van der Waals surface area contributed by atoms with Gasteiger partial charge in [-0.3, -0.25) is 4.79 Å². The van der Waals surface area contributed by atoms with Crippen LogP contribution in [0.3, 0.4) is 0 Å². The summed E-state index contributed by atoms with van der Waals surface area (Å²) >= 11 is 7.98. The molecule has 27 heavy (non-hydrogen) atoms. The molecule has 5 nitrogen and oxygen atoms in total. The van der Waals surface area contributed by atoms with Crippen molar-refractivity contribution in [3.8, 4) is 0 Å². The highest BCUT2D eigenvalue weighted by molar-refractivity contribution is 8.01. The van der Waals surface area contributed by atoms with Crippen molar-refractivity contribution in [1.29, 1.82) is 0 Å². The standard InChI is InChI=1S/C20H21ClN2O3S/c1-11-4-5-13-8-14(18(21)22-17(13)12(11)2)9-26-19(25)15-10-27-20(3)7-6-16(24)23(15)20/h4-5,8,15H,6-7,9-10H2,1-3H3/t15-,20-/m1/s1. The number of carbonyl (C=O) groups excluding carboxylic acids is 2.